The van der Waals surface area contributed by atoms with E-state index in [0.717, 1.165) is 32.5 Å². The Balaban J connectivity index is 1.89. The van der Waals surface area contributed by atoms with Crippen molar-refractivity contribution in [2.24, 2.45) is 0 Å². The monoisotopic (exact) mass is 279 g/mol. The van der Waals surface area contributed by atoms with Gasteiger partial charge >= 0.3 is 0 Å². The lowest BCUT2D eigenvalue weighted by Gasteiger charge is -2.33. The van der Waals surface area contributed by atoms with Crippen LogP contribution >= 0.6 is 0 Å². The average molecular weight is 279 g/mol. The zero-order chi connectivity index (χ0) is 14.4. The largest absolute Gasteiger partial charge is 0.316 e. The lowest BCUT2D eigenvalue weighted by atomic mass is 10.0. The minimum atomic E-state index is 0.258. The Hall–Kier alpha value is -0.870. The summed E-state index contributed by atoms with van der Waals surface area (Å²) in [6.07, 6.45) is 9.35. The van der Waals surface area contributed by atoms with Crippen LogP contribution in [0.15, 0.2) is 11.8 Å². The molecular formula is C16H29N3O. The molecule has 0 spiro atoms. The smallest absolute Gasteiger partial charge is 0.240 e. The van der Waals surface area contributed by atoms with Gasteiger partial charge in [0.2, 0.25) is 5.91 Å². The van der Waals surface area contributed by atoms with Crippen molar-refractivity contribution in [1.29, 1.82) is 0 Å². The summed E-state index contributed by atoms with van der Waals surface area (Å²) in [5, 5.41) is 3.42. The van der Waals surface area contributed by atoms with Crippen molar-refractivity contribution in [3.63, 3.8) is 0 Å². The number of nitrogens with one attached hydrogen (secondary N) is 1. The minimum Gasteiger partial charge on any atom is -0.316 e. The van der Waals surface area contributed by atoms with Gasteiger partial charge in [-0.2, -0.15) is 0 Å². The predicted octanol–water partition coefficient (Wildman–Crippen LogP) is 1.98. The van der Waals surface area contributed by atoms with Gasteiger partial charge in [0.15, 0.2) is 0 Å². The van der Waals surface area contributed by atoms with E-state index in [9.17, 15) is 4.79 Å². The number of rotatable bonds is 5. The van der Waals surface area contributed by atoms with Crippen LogP contribution in [0.3, 0.4) is 0 Å². The average Bonchev–Trinajstić information content (AvgIpc) is 2.50. The first-order valence-corrected chi connectivity index (χ1v) is 8.12. The molecule has 1 fully saturated rings. The van der Waals surface area contributed by atoms with Crippen molar-refractivity contribution in [3.05, 3.63) is 11.8 Å². The van der Waals surface area contributed by atoms with Crippen molar-refractivity contribution >= 4 is 5.91 Å². The number of carbonyl (C=O) groups is 1. The standard InChI is InChI=1S/C16H29N3O/c1-3-19(14-8-5-4-6-9-14)16(20)13-18(2)15-10-7-11-17-12-15/h8,15,17H,3-7,9-13H2,1-2H3. The van der Waals surface area contributed by atoms with Gasteiger partial charge in [-0.05, 0) is 59.0 Å². The summed E-state index contributed by atoms with van der Waals surface area (Å²) in [4.78, 5) is 16.8. The molecule has 0 aromatic rings. The van der Waals surface area contributed by atoms with Crippen LogP contribution < -0.4 is 5.32 Å². The first kappa shape index (κ1) is 15.5. The van der Waals surface area contributed by atoms with Crippen LogP contribution in [0.1, 0.15) is 45.4 Å². The fourth-order valence-electron chi connectivity index (χ4n) is 3.24. The number of carbonyl (C=O) groups excluding carboxylic acids is 1. The van der Waals surface area contributed by atoms with Crippen LogP contribution in [-0.4, -0.2) is 55.0 Å². The van der Waals surface area contributed by atoms with Crippen LogP contribution in [0.25, 0.3) is 0 Å². The van der Waals surface area contributed by atoms with Crippen LogP contribution in [0, 0.1) is 0 Å². The molecule has 1 atom stereocenters. The first-order chi connectivity index (χ1) is 9.72. The number of likely N-dealkylation sites (N-methyl/N-ethyl adjacent to an activating group) is 2. The lowest BCUT2D eigenvalue weighted by molar-refractivity contribution is -0.130. The van der Waals surface area contributed by atoms with Crippen molar-refractivity contribution in [2.75, 3.05) is 33.2 Å². The Bertz CT molecular complexity index is 348. The highest BCUT2D eigenvalue weighted by Gasteiger charge is 2.23. The molecule has 0 radical (unpaired) electrons. The maximum Gasteiger partial charge on any atom is 0.240 e. The summed E-state index contributed by atoms with van der Waals surface area (Å²) in [5.41, 5.74) is 1.25. The minimum absolute atomic E-state index is 0.258. The molecule has 4 nitrogen and oxygen atoms in total. The van der Waals surface area contributed by atoms with Crippen LogP contribution in [0.4, 0.5) is 0 Å². The number of hydrogen-bond donors (Lipinski definition) is 1. The van der Waals surface area contributed by atoms with Gasteiger partial charge < -0.3 is 10.2 Å². The number of nitrogens with zero attached hydrogens (tertiary/aromatic N) is 2. The highest BCUT2D eigenvalue weighted by molar-refractivity contribution is 5.80. The Labute approximate surface area is 123 Å². The Morgan fingerprint density at radius 3 is 2.85 bits per heavy atom. The molecular weight excluding hydrogens is 250 g/mol. The van der Waals surface area contributed by atoms with E-state index in [4.69, 9.17) is 0 Å². The highest BCUT2D eigenvalue weighted by Crippen LogP contribution is 2.21. The fourth-order valence-corrected chi connectivity index (χ4v) is 3.24. The second-order valence-electron chi connectivity index (χ2n) is 5.99. The third-order valence-corrected chi connectivity index (χ3v) is 4.51. The summed E-state index contributed by atoms with van der Waals surface area (Å²) in [6, 6.07) is 0.506. The molecule has 1 heterocycles. The quantitative estimate of drug-likeness (QED) is 0.836. The van der Waals surface area contributed by atoms with E-state index >= 15 is 0 Å². The summed E-state index contributed by atoms with van der Waals surface area (Å²) < 4.78 is 0. The Morgan fingerprint density at radius 2 is 2.25 bits per heavy atom. The van der Waals surface area contributed by atoms with Gasteiger partial charge in [-0.3, -0.25) is 9.69 Å². The molecule has 1 saturated heterocycles. The van der Waals surface area contributed by atoms with Gasteiger partial charge in [0, 0.05) is 24.8 Å². The van der Waals surface area contributed by atoms with Gasteiger partial charge in [0.05, 0.1) is 6.54 Å². The zero-order valence-electron chi connectivity index (χ0n) is 13.0. The molecule has 1 aliphatic heterocycles. The molecule has 2 aliphatic rings. The molecule has 0 saturated carbocycles. The second kappa shape index (κ2) is 7.79. The molecule has 0 aromatic carbocycles. The van der Waals surface area contributed by atoms with E-state index < -0.39 is 0 Å². The predicted molar refractivity (Wildman–Crippen MR) is 82.5 cm³/mol. The van der Waals surface area contributed by atoms with E-state index in [0.29, 0.717) is 12.6 Å². The third kappa shape index (κ3) is 4.06. The van der Waals surface area contributed by atoms with Crippen molar-refractivity contribution in [3.8, 4) is 0 Å². The number of piperidine rings is 1. The number of amides is 1. The zero-order valence-corrected chi connectivity index (χ0v) is 13.0. The third-order valence-electron chi connectivity index (χ3n) is 4.51. The molecule has 1 aliphatic carbocycles. The summed E-state index contributed by atoms with van der Waals surface area (Å²) >= 11 is 0. The number of allylic oxidation sites excluding steroid dienone is 2. The molecule has 114 valence electrons. The fraction of sp³-hybridized carbons (Fsp3) is 0.812. The molecule has 2 rings (SSSR count). The molecule has 20 heavy (non-hydrogen) atoms. The SMILES string of the molecule is CCN(C(=O)CN(C)C1CCCNC1)C1=CCCCC1. The van der Waals surface area contributed by atoms with Gasteiger partial charge in [0.25, 0.3) is 0 Å². The van der Waals surface area contributed by atoms with E-state index in [2.05, 4.69) is 30.3 Å². The Morgan fingerprint density at radius 1 is 1.40 bits per heavy atom. The Kier molecular flexibility index (Phi) is 6.05. The molecule has 1 unspecified atom stereocenters. The van der Waals surface area contributed by atoms with Crippen LogP contribution in [0.5, 0.6) is 0 Å². The van der Waals surface area contributed by atoms with Crippen LogP contribution in [-0.2, 0) is 4.79 Å². The van der Waals surface area contributed by atoms with E-state index in [1.54, 1.807) is 0 Å². The molecule has 0 bridgehead atoms. The molecule has 0 aromatic heterocycles. The topological polar surface area (TPSA) is 35.6 Å². The van der Waals surface area contributed by atoms with Crippen molar-refractivity contribution in [2.45, 2.75) is 51.5 Å². The van der Waals surface area contributed by atoms with Crippen LogP contribution in [0.2, 0.25) is 0 Å². The van der Waals surface area contributed by atoms with Crippen molar-refractivity contribution < 1.29 is 4.79 Å². The lowest BCUT2D eigenvalue weighted by Crippen LogP contribution is -2.48. The van der Waals surface area contributed by atoms with E-state index in [-0.39, 0.29) is 5.91 Å². The highest BCUT2D eigenvalue weighted by atomic mass is 16.2. The summed E-state index contributed by atoms with van der Waals surface area (Å²) in [6.45, 7) is 5.54. The van der Waals surface area contributed by atoms with Gasteiger partial charge in [-0.15, -0.1) is 0 Å². The van der Waals surface area contributed by atoms with Crippen molar-refractivity contribution in [1.82, 2.24) is 15.1 Å². The molecule has 1 N–H and O–H groups in total. The van der Waals surface area contributed by atoms with Gasteiger partial charge in [-0.1, -0.05) is 6.08 Å². The molecule has 4 heteroatoms. The van der Waals surface area contributed by atoms with Gasteiger partial charge in [-0.25, -0.2) is 0 Å². The summed E-state index contributed by atoms with van der Waals surface area (Å²) in [7, 11) is 2.08. The van der Waals surface area contributed by atoms with E-state index in [1.165, 1.54) is 31.4 Å². The molecule has 1 amide bonds. The first-order valence-electron chi connectivity index (χ1n) is 8.12. The second-order valence-corrected chi connectivity index (χ2v) is 5.99. The number of hydrogen-bond acceptors (Lipinski definition) is 3. The van der Waals surface area contributed by atoms with E-state index in [1.807, 2.05) is 4.90 Å². The summed E-state index contributed by atoms with van der Waals surface area (Å²) in [5.74, 6) is 0.258. The normalized spacial score (nSPS) is 23.6. The van der Waals surface area contributed by atoms with Gasteiger partial charge in [0.1, 0.15) is 0 Å². The maximum atomic E-state index is 12.5. The maximum absolute atomic E-state index is 12.5.